The van der Waals surface area contributed by atoms with E-state index in [-0.39, 0.29) is 11.8 Å². The van der Waals surface area contributed by atoms with Crippen molar-refractivity contribution in [3.63, 3.8) is 0 Å². The van der Waals surface area contributed by atoms with Crippen LogP contribution >= 0.6 is 0 Å². The van der Waals surface area contributed by atoms with E-state index in [1.54, 1.807) is 6.92 Å². The van der Waals surface area contributed by atoms with E-state index in [0.29, 0.717) is 11.5 Å². The van der Waals surface area contributed by atoms with E-state index < -0.39 is 0 Å². The zero-order valence-corrected chi connectivity index (χ0v) is 7.55. The van der Waals surface area contributed by atoms with Crippen molar-refractivity contribution < 1.29 is 4.79 Å². The summed E-state index contributed by atoms with van der Waals surface area (Å²) >= 11 is 0. The standard InChI is InChI=1S/C9H17NO/c1-6(2)5-8(10)9(11)7(3)4/h6,8H,3,5,10H2,1-2,4H3/t8-/m0/s1. The number of carbonyl (C=O) groups excluding carboxylic acids is 1. The molecule has 0 bridgehead atoms. The van der Waals surface area contributed by atoms with Gasteiger partial charge in [0.2, 0.25) is 0 Å². The molecule has 0 unspecified atom stereocenters. The maximum atomic E-state index is 11.2. The van der Waals surface area contributed by atoms with Gasteiger partial charge in [-0.25, -0.2) is 0 Å². The summed E-state index contributed by atoms with van der Waals surface area (Å²) in [5, 5.41) is 0. The fraction of sp³-hybridized carbons (Fsp3) is 0.667. The van der Waals surface area contributed by atoms with Gasteiger partial charge in [0.05, 0.1) is 6.04 Å². The monoisotopic (exact) mass is 155 g/mol. The fourth-order valence-electron chi connectivity index (χ4n) is 0.931. The van der Waals surface area contributed by atoms with E-state index in [2.05, 4.69) is 6.58 Å². The molecule has 0 aliphatic rings. The van der Waals surface area contributed by atoms with Crippen LogP contribution in [0.4, 0.5) is 0 Å². The predicted molar refractivity (Wildman–Crippen MR) is 47.3 cm³/mol. The van der Waals surface area contributed by atoms with Crippen LogP contribution in [0, 0.1) is 5.92 Å². The van der Waals surface area contributed by atoms with Gasteiger partial charge in [0.15, 0.2) is 5.78 Å². The molecule has 0 rings (SSSR count). The number of hydrogen-bond donors (Lipinski definition) is 1. The highest BCUT2D eigenvalue weighted by atomic mass is 16.1. The van der Waals surface area contributed by atoms with E-state index >= 15 is 0 Å². The van der Waals surface area contributed by atoms with E-state index in [1.807, 2.05) is 13.8 Å². The molecule has 0 fully saturated rings. The number of nitrogens with two attached hydrogens (primary N) is 1. The molecule has 1 atom stereocenters. The van der Waals surface area contributed by atoms with Gasteiger partial charge in [0.25, 0.3) is 0 Å². The highest BCUT2D eigenvalue weighted by molar-refractivity contribution is 5.98. The molecule has 0 aromatic heterocycles. The van der Waals surface area contributed by atoms with Crippen LogP contribution < -0.4 is 5.73 Å². The molecule has 0 amide bonds. The van der Waals surface area contributed by atoms with Crippen molar-refractivity contribution in [1.82, 2.24) is 0 Å². The number of Topliss-reactive ketones (excluding diaryl/α,β-unsaturated/α-hetero) is 1. The first-order valence-electron chi connectivity index (χ1n) is 3.90. The van der Waals surface area contributed by atoms with Crippen molar-refractivity contribution >= 4 is 5.78 Å². The topological polar surface area (TPSA) is 43.1 Å². The third-order valence-corrected chi connectivity index (χ3v) is 1.48. The van der Waals surface area contributed by atoms with Gasteiger partial charge in [0, 0.05) is 0 Å². The molecule has 11 heavy (non-hydrogen) atoms. The minimum atomic E-state index is -0.354. The van der Waals surface area contributed by atoms with E-state index in [1.165, 1.54) is 0 Å². The third-order valence-electron chi connectivity index (χ3n) is 1.48. The van der Waals surface area contributed by atoms with E-state index in [0.717, 1.165) is 6.42 Å². The van der Waals surface area contributed by atoms with Gasteiger partial charge >= 0.3 is 0 Å². The molecule has 0 aromatic carbocycles. The van der Waals surface area contributed by atoms with Gasteiger partial charge in [-0.2, -0.15) is 0 Å². The van der Waals surface area contributed by atoms with Crippen LogP contribution in [0.25, 0.3) is 0 Å². The van der Waals surface area contributed by atoms with Crippen LogP contribution in [0.5, 0.6) is 0 Å². The molecule has 2 heteroatoms. The third kappa shape index (κ3) is 3.94. The lowest BCUT2D eigenvalue weighted by Crippen LogP contribution is -2.32. The minimum Gasteiger partial charge on any atom is -0.321 e. The number of carbonyl (C=O) groups is 1. The van der Waals surface area contributed by atoms with Gasteiger partial charge < -0.3 is 5.73 Å². The lowest BCUT2D eigenvalue weighted by atomic mass is 9.98. The summed E-state index contributed by atoms with van der Waals surface area (Å²) < 4.78 is 0. The molecule has 64 valence electrons. The second kappa shape index (κ2) is 4.29. The molecule has 0 saturated heterocycles. The zero-order valence-electron chi connectivity index (χ0n) is 7.55. The average molecular weight is 155 g/mol. The van der Waals surface area contributed by atoms with Crippen molar-refractivity contribution in [2.45, 2.75) is 33.2 Å². The van der Waals surface area contributed by atoms with Gasteiger partial charge in [-0.15, -0.1) is 0 Å². The molecule has 0 spiro atoms. The van der Waals surface area contributed by atoms with Crippen molar-refractivity contribution in [2.24, 2.45) is 11.7 Å². The van der Waals surface area contributed by atoms with Crippen LogP contribution in [-0.4, -0.2) is 11.8 Å². The Bertz CT molecular complexity index is 161. The van der Waals surface area contributed by atoms with Gasteiger partial charge in [-0.3, -0.25) is 4.79 Å². The molecule has 2 nitrogen and oxygen atoms in total. The predicted octanol–water partition coefficient (Wildman–Crippen LogP) is 1.50. The molecule has 0 aliphatic heterocycles. The summed E-state index contributed by atoms with van der Waals surface area (Å²) in [4.78, 5) is 11.2. The summed E-state index contributed by atoms with van der Waals surface area (Å²) in [6.45, 7) is 9.35. The van der Waals surface area contributed by atoms with Gasteiger partial charge in [-0.1, -0.05) is 20.4 Å². The Morgan fingerprint density at radius 3 is 2.27 bits per heavy atom. The Kier molecular flexibility index (Phi) is 4.04. The first-order valence-corrected chi connectivity index (χ1v) is 3.90. The molecule has 0 radical (unpaired) electrons. The Morgan fingerprint density at radius 1 is 1.55 bits per heavy atom. The minimum absolute atomic E-state index is 0.0151. The first-order chi connectivity index (χ1) is 4.95. The van der Waals surface area contributed by atoms with Crippen molar-refractivity contribution in [2.75, 3.05) is 0 Å². The lowest BCUT2D eigenvalue weighted by Gasteiger charge is -2.11. The molecular formula is C9H17NO. The average Bonchev–Trinajstić information content (AvgIpc) is 1.84. The first kappa shape index (κ1) is 10.4. The Balaban J connectivity index is 3.93. The lowest BCUT2D eigenvalue weighted by molar-refractivity contribution is -0.117. The summed E-state index contributed by atoms with van der Waals surface area (Å²) in [5.74, 6) is 0.451. The summed E-state index contributed by atoms with van der Waals surface area (Å²) in [7, 11) is 0. The highest BCUT2D eigenvalue weighted by Crippen LogP contribution is 2.06. The van der Waals surface area contributed by atoms with E-state index in [9.17, 15) is 4.79 Å². The largest absolute Gasteiger partial charge is 0.321 e. The molecular weight excluding hydrogens is 138 g/mol. The van der Waals surface area contributed by atoms with Gasteiger partial charge in [0.1, 0.15) is 0 Å². The Morgan fingerprint density at radius 2 is 2.00 bits per heavy atom. The number of ketones is 1. The smallest absolute Gasteiger partial charge is 0.174 e. The molecule has 0 aliphatic carbocycles. The second-order valence-electron chi connectivity index (χ2n) is 3.38. The summed E-state index contributed by atoms with van der Waals surface area (Å²) in [6.07, 6.45) is 0.742. The molecule has 0 saturated carbocycles. The van der Waals surface area contributed by atoms with Crippen LogP contribution in [0.3, 0.4) is 0 Å². The second-order valence-corrected chi connectivity index (χ2v) is 3.38. The maximum Gasteiger partial charge on any atom is 0.174 e. The van der Waals surface area contributed by atoms with E-state index in [4.69, 9.17) is 5.73 Å². The molecule has 2 N–H and O–H groups in total. The highest BCUT2D eigenvalue weighted by Gasteiger charge is 2.14. The Hall–Kier alpha value is -0.630. The zero-order chi connectivity index (χ0) is 9.02. The van der Waals surface area contributed by atoms with Crippen LogP contribution in [0.1, 0.15) is 27.2 Å². The summed E-state index contributed by atoms with van der Waals surface area (Å²) in [6, 6.07) is -0.354. The van der Waals surface area contributed by atoms with Crippen molar-refractivity contribution in [3.05, 3.63) is 12.2 Å². The fourth-order valence-corrected chi connectivity index (χ4v) is 0.931. The van der Waals surface area contributed by atoms with Crippen LogP contribution in [0.15, 0.2) is 12.2 Å². The van der Waals surface area contributed by atoms with Crippen molar-refractivity contribution in [1.29, 1.82) is 0 Å². The van der Waals surface area contributed by atoms with Crippen LogP contribution in [-0.2, 0) is 4.79 Å². The Labute approximate surface area is 68.5 Å². The quantitative estimate of drug-likeness (QED) is 0.625. The molecule has 0 aromatic rings. The normalized spacial score (nSPS) is 13.2. The summed E-state index contributed by atoms with van der Waals surface area (Å²) in [5.41, 5.74) is 6.16. The maximum absolute atomic E-state index is 11.2. The van der Waals surface area contributed by atoms with Crippen LogP contribution in [0.2, 0.25) is 0 Å². The molecule has 0 heterocycles. The number of rotatable bonds is 4. The van der Waals surface area contributed by atoms with Gasteiger partial charge in [-0.05, 0) is 24.8 Å². The number of hydrogen-bond acceptors (Lipinski definition) is 2. The SMILES string of the molecule is C=C(C)C(=O)[C@@H](N)CC(C)C. The van der Waals surface area contributed by atoms with Crippen molar-refractivity contribution in [3.8, 4) is 0 Å².